The van der Waals surface area contributed by atoms with Gasteiger partial charge in [-0.05, 0) is 19.1 Å². The molecule has 1 fully saturated rings. The Morgan fingerprint density at radius 3 is 2.94 bits per heavy atom. The SMILES string of the molecule is C[C@@H]1CNCCN1C(=O)c1ccccc1Cl. The summed E-state index contributed by atoms with van der Waals surface area (Å²) in [4.78, 5) is 14.1. The minimum Gasteiger partial charge on any atom is -0.333 e. The Balaban J connectivity index is 2.21. The number of carbonyl (C=O) groups excluding carboxylic acids is 1. The predicted octanol–water partition coefficient (Wildman–Crippen LogP) is 1.77. The second-order valence-corrected chi connectivity index (χ2v) is 4.44. The quantitative estimate of drug-likeness (QED) is 0.809. The van der Waals surface area contributed by atoms with Gasteiger partial charge in [-0.3, -0.25) is 4.79 Å². The van der Waals surface area contributed by atoms with E-state index in [1.807, 2.05) is 24.0 Å². The Morgan fingerprint density at radius 1 is 1.50 bits per heavy atom. The zero-order valence-electron chi connectivity index (χ0n) is 9.24. The summed E-state index contributed by atoms with van der Waals surface area (Å²) in [5.41, 5.74) is 0.595. The van der Waals surface area contributed by atoms with Crippen LogP contribution in [-0.2, 0) is 0 Å². The zero-order valence-corrected chi connectivity index (χ0v) is 10.00. The molecule has 0 bridgehead atoms. The highest BCUT2D eigenvalue weighted by atomic mass is 35.5. The Kier molecular flexibility index (Phi) is 3.46. The molecule has 1 aromatic carbocycles. The molecule has 1 atom stereocenters. The normalized spacial score (nSPS) is 20.9. The highest BCUT2D eigenvalue weighted by Gasteiger charge is 2.24. The smallest absolute Gasteiger partial charge is 0.255 e. The maximum Gasteiger partial charge on any atom is 0.255 e. The van der Waals surface area contributed by atoms with Crippen LogP contribution in [0.4, 0.5) is 0 Å². The van der Waals surface area contributed by atoms with Gasteiger partial charge in [0, 0.05) is 25.7 Å². The van der Waals surface area contributed by atoms with Crippen molar-refractivity contribution in [3.05, 3.63) is 34.9 Å². The lowest BCUT2D eigenvalue weighted by Crippen LogP contribution is -2.52. The van der Waals surface area contributed by atoms with Crippen LogP contribution in [0.5, 0.6) is 0 Å². The number of piperazine rings is 1. The molecule has 1 N–H and O–H groups in total. The minimum absolute atomic E-state index is 0.0274. The van der Waals surface area contributed by atoms with Crippen LogP contribution in [0.1, 0.15) is 17.3 Å². The number of hydrogen-bond acceptors (Lipinski definition) is 2. The Bertz CT molecular complexity index is 394. The van der Waals surface area contributed by atoms with Crippen molar-refractivity contribution in [1.82, 2.24) is 10.2 Å². The van der Waals surface area contributed by atoms with Crippen molar-refractivity contribution in [3.63, 3.8) is 0 Å². The van der Waals surface area contributed by atoms with Crippen LogP contribution in [-0.4, -0.2) is 36.5 Å². The molecule has 0 spiro atoms. The van der Waals surface area contributed by atoms with E-state index in [2.05, 4.69) is 5.32 Å². The molecular formula is C12H15ClN2O. The van der Waals surface area contributed by atoms with E-state index in [-0.39, 0.29) is 11.9 Å². The molecule has 1 heterocycles. The standard InChI is InChI=1S/C12H15ClN2O/c1-9-8-14-6-7-15(9)12(16)10-4-2-3-5-11(10)13/h2-5,9,14H,6-8H2,1H3/t9-/m1/s1. The molecular weight excluding hydrogens is 224 g/mol. The minimum atomic E-state index is 0.0274. The van der Waals surface area contributed by atoms with Gasteiger partial charge in [0.1, 0.15) is 0 Å². The molecule has 0 unspecified atom stereocenters. The lowest BCUT2D eigenvalue weighted by atomic mass is 10.1. The first kappa shape index (κ1) is 11.4. The van der Waals surface area contributed by atoms with Gasteiger partial charge < -0.3 is 10.2 Å². The van der Waals surface area contributed by atoms with Crippen LogP contribution in [0.2, 0.25) is 5.02 Å². The number of rotatable bonds is 1. The van der Waals surface area contributed by atoms with Crippen molar-refractivity contribution < 1.29 is 4.79 Å². The van der Waals surface area contributed by atoms with Crippen LogP contribution in [0.25, 0.3) is 0 Å². The summed E-state index contributed by atoms with van der Waals surface area (Å²) in [6.07, 6.45) is 0. The van der Waals surface area contributed by atoms with Gasteiger partial charge in [0.05, 0.1) is 10.6 Å². The van der Waals surface area contributed by atoms with E-state index >= 15 is 0 Å². The summed E-state index contributed by atoms with van der Waals surface area (Å²) in [5, 5.41) is 3.78. The summed E-state index contributed by atoms with van der Waals surface area (Å²) in [7, 11) is 0. The first-order valence-corrected chi connectivity index (χ1v) is 5.84. The van der Waals surface area contributed by atoms with E-state index in [4.69, 9.17) is 11.6 Å². The molecule has 0 saturated carbocycles. The van der Waals surface area contributed by atoms with Crippen molar-refractivity contribution in [2.45, 2.75) is 13.0 Å². The monoisotopic (exact) mass is 238 g/mol. The molecule has 1 aromatic rings. The van der Waals surface area contributed by atoms with Gasteiger partial charge in [-0.2, -0.15) is 0 Å². The van der Waals surface area contributed by atoms with Crippen LogP contribution in [0, 0.1) is 0 Å². The van der Waals surface area contributed by atoms with E-state index in [1.54, 1.807) is 12.1 Å². The van der Waals surface area contributed by atoms with Crippen LogP contribution >= 0.6 is 11.6 Å². The third kappa shape index (κ3) is 2.20. The van der Waals surface area contributed by atoms with Gasteiger partial charge in [0.25, 0.3) is 5.91 Å². The number of halogens is 1. The predicted molar refractivity (Wildman–Crippen MR) is 64.8 cm³/mol. The second-order valence-electron chi connectivity index (χ2n) is 4.03. The second kappa shape index (κ2) is 4.85. The first-order valence-electron chi connectivity index (χ1n) is 5.46. The fourth-order valence-electron chi connectivity index (χ4n) is 1.93. The zero-order chi connectivity index (χ0) is 11.5. The highest BCUT2D eigenvalue weighted by molar-refractivity contribution is 6.33. The Labute approximate surface area is 100 Å². The number of hydrogen-bond donors (Lipinski definition) is 1. The average molecular weight is 239 g/mol. The van der Waals surface area contributed by atoms with Gasteiger partial charge in [-0.1, -0.05) is 23.7 Å². The number of nitrogens with one attached hydrogen (secondary N) is 1. The van der Waals surface area contributed by atoms with Crippen molar-refractivity contribution in [1.29, 1.82) is 0 Å². The van der Waals surface area contributed by atoms with E-state index in [0.29, 0.717) is 10.6 Å². The summed E-state index contributed by atoms with van der Waals surface area (Å²) < 4.78 is 0. The third-order valence-corrected chi connectivity index (χ3v) is 3.20. The maximum atomic E-state index is 12.2. The Morgan fingerprint density at radius 2 is 2.25 bits per heavy atom. The fourth-order valence-corrected chi connectivity index (χ4v) is 2.15. The molecule has 4 heteroatoms. The maximum absolute atomic E-state index is 12.2. The topological polar surface area (TPSA) is 32.3 Å². The molecule has 1 aliphatic rings. The van der Waals surface area contributed by atoms with E-state index < -0.39 is 0 Å². The van der Waals surface area contributed by atoms with Crippen LogP contribution in [0.3, 0.4) is 0 Å². The summed E-state index contributed by atoms with van der Waals surface area (Å²) in [6, 6.07) is 7.42. The number of carbonyl (C=O) groups is 1. The first-order chi connectivity index (χ1) is 7.70. The van der Waals surface area contributed by atoms with Crippen molar-refractivity contribution in [3.8, 4) is 0 Å². The third-order valence-electron chi connectivity index (χ3n) is 2.87. The van der Waals surface area contributed by atoms with Crippen molar-refractivity contribution >= 4 is 17.5 Å². The molecule has 0 aliphatic carbocycles. The number of amides is 1. The van der Waals surface area contributed by atoms with Gasteiger partial charge in [0.15, 0.2) is 0 Å². The van der Waals surface area contributed by atoms with Gasteiger partial charge in [0.2, 0.25) is 0 Å². The van der Waals surface area contributed by atoms with Crippen molar-refractivity contribution in [2.75, 3.05) is 19.6 Å². The van der Waals surface area contributed by atoms with Crippen LogP contribution in [0.15, 0.2) is 24.3 Å². The molecule has 16 heavy (non-hydrogen) atoms. The van der Waals surface area contributed by atoms with E-state index in [1.165, 1.54) is 0 Å². The van der Waals surface area contributed by atoms with Gasteiger partial charge in [-0.25, -0.2) is 0 Å². The van der Waals surface area contributed by atoms with Crippen molar-refractivity contribution in [2.24, 2.45) is 0 Å². The molecule has 0 aromatic heterocycles. The number of nitrogens with zero attached hydrogens (tertiary/aromatic N) is 1. The Hall–Kier alpha value is -1.06. The highest BCUT2D eigenvalue weighted by Crippen LogP contribution is 2.18. The molecule has 1 amide bonds. The largest absolute Gasteiger partial charge is 0.333 e. The average Bonchev–Trinajstić information content (AvgIpc) is 2.29. The summed E-state index contributed by atoms with van der Waals surface area (Å²) in [5.74, 6) is 0.0274. The van der Waals surface area contributed by atoms with Gasteiger partial charge in [-0.15, -0.1) is 0 Å². The number of benzene rings is 1. The molecule has 1 saturated heterocycles. The molecule has 2 rings (SSSR count). The molecule has 1 aliphatic heterocycles. The van der Waals surface area contributed by atoms with E-state index in [9.17, 15) is 4.79 Å². The lowest BCUT2D eigenvalue weighted by Gasteiger charge is -2.34. The van der Waals surface area contributed by atoms with Gasteiger partial charge >= 0.3 is 0 Å². The lowest BCUT2D eigenvalue weighted by molar-refractivity contribution is 0.0656. The molecule has 3 nitrogen and oxygen atoms in total. The summed E-state index contributed by atoms with van der Waals surface area (Å²) in [6.45, 7) is 4.48. The molecule has 0 radical (unpaired) electrons. The molecule has 86 valence electrons. The summed E-state index contributed by atoms with van der Waals surface area (Å²) >= 11 is 6.02. The van der Waals surface area contributed by atoms with E-state index in [0.717, 1.165) is 19.6 Å². The van der Waals surface area contributed by atoms with Crippen LogP contribution < -0.4 is 5.32 Å². The fraction of sp³-hybridized carbons (Fsp3) is 0.417.